The summed E-state index contributed by atoms with van der Waals surface area (Å²) in [4.78, 5) is 21.4. The van der Waals surface area contributed by atoms with Crippen LogP contribution in [0, 0.1) is 0 Å². The van der Waals surface area contributed by atoms with Gasteiger partial charge in [-0.25, -0.2) is 4.98 Å². The van der Waals surface area contributed by atoms with Crippen LogP contribution in [0.2, 0.25) is 5.02 Å². The van der Waals surface area contributed by atoms with Gasteiger partial charge in [0.05, 0.1) is 10.9 Å². The van der Waals surface area contributed by atoms with E-state index in [0.717, 1.165) is 26.2 Å². The maximum absolute atomic E-state index is 12.0. The molecule has 2 heterocycles. The average Bonchev–Trinajstić information content (AvgIpc) is 2.40. The number of aromatic amines is 1. The van der Waals surface area contributed by atoms with Crippen molar-refractivity contribution in [2.45, 2.75) is 0 Å². The van der Waals surface area contributed by atoms with Crippen LogP contribution in [0.3, 0.4) is 0 Å². The molecule has 0 unspecified atom stereocenters. The molecule has 0 saturated carbocycles. The number of nitrogens with one attached hydrogen (secondary N) is 2. The molecule has 0 aliphatic carbocycles. The van der Waals surface area contributed by atoms with E-state index in [-0.39, 0.29) is 18.0 Å². The van der Waals surface area contributed by atoms with E-state index in [2.05, 4.69) is 20.2 Å². The number of halogens is 2. The highest BCUT2D eigenvalue weighted by Gasteiger charge is 2.14. The lowest BCUT2D eigenvalue weighted by atomic mass is 10.2. The molecule has 1 saturated heterocycles. The molecule has 0 bridgehead atoms. The van der Waals surface area contributed by atoms with Crippen LogP contribution in [-0.2, 0) is 0 Å². The highest BCUT2D eigenvalue weighted by atomic mass is 35.5. The van der Waals surface area contributed by atoms with Gasteiger partial charge in [-0.1, -0.05) is 11.6 Å². The lowest BCUT2D eigenvalue weighted by Gasteiger charge is -2.27. The van der Waals surface area contributed by atoms with Crippen LogP contribution in [0.25, 0.3) is 10.9 Å². The van der Waals surface area contributed by atoms with E-state index in [1.165, 1.54) is 0 Å². The summed E-state index contributed by atoms with van der Waals surface area (Å²) >= 11 is 5.88. The fourth-order valence-corrected chi connectivity index (χ4v) is 2.30. The zero-order valence-electron chi connectivity index (χ0n) is 10.1. The molecule has 0 spiro atoms. The first kappa shape index (κ1) is 14.1. The molecular weight excluding hydrogens is 287 g/mol. The maximum Gasteiger partial charge on any atom is 0.260 e. The standard InChI is InChI=1S/C12H13ClN4O.ClH/c13-8-1-2-10-9(7-8)11(18)16-12(15-10)17-5-3-14-4-6-17;/h1-2,7,14H,3-6H2,(H,15,16,18);1H. The first-order valence-electron chi connectivity index (χ1n) is 5.89. The van der Waals surface area contributed by atoms with Crippen LogP contribution in [-0.4, -0.2) is 36.1 Å². The van der Waals surface area contributed by atoms with E-state index in [9.17, 15) is 4.79 Å². The Morgan fingerprint density at radius 1 is 1.26 bits per heavy atom. The number of nitrogens with zero attached hydrogens (tertiary/aromatic N) is 2. The van der Waals surface area contributed by atoms with Crippen molar-refractivity contribution in [3.8, 4) is 0 Å². The van der Waals surface area contributed by atoms with E-state index in [1.54, 1.807) is 18.2 Å². The second-order valence-corrected chi connectivity index (χ2v) is 4.72. The van der Waals surface area contributed by atoms with Gasteiger partial charge in [0.25, 0.3) is 5.56 Å². The number of piperazine rings is 1. The molecule has 1 aromatic heterocycles. The number of hydrogen-bond donors (Lipinski definition) is 2. The Morgan fingerprint density at radius 3 is 2.74 bits per heavy atom. The molecule has 7 heteroatoms. The zero-order chi connectivity index (χ0) is 12.5. The molecule has 3 rings (SSSR count). The smallest absolute Gasteiger partial charge is 0.260 e. The Kier molecular flexibility index (Phi) is 4.29. The van der Waals surface area contributed by atoms with Crippen LogP contribution in [0.1, 0.15) is 0 Å². The third-order valence-corrected chi connectivity index (χ3v) is 3.31. The van der Waals surface area contributed by atoms with Crippen molar-refractivity contribution in [1.29, 1.82) is 0 Å². The van der Waals surface area contributed by atoms with E-state index in [4.69, 9.17) is 11.6 Å². The highest BCUT2D eigenvalue weighted by molar-refractivity contribution is 6.31. The van der Waals surface area contributed by atoms with Crippen LogP contribution in [0.15, 0.2) is 23.0 Å². The SMILES string of the molecule is Cl.O=c1[nH]c(N2CCNCC2)nc2ccc(Cl)cc12. The topological polar surface area (TPSA) is 61.0 Å². The first-order chi connectivity index (χ1) is 8.74. The normalized spacial score (nSPS) is 15.3. The summed E-state index contributed by atoms with van der Waals surface area (Å²) in [5, 5.41) is 4.34. The summed E-state index contributed by atoms with van der Waals surface area (Å²) in [6.07, 6.45) is 0. The Labute approximate surface area is 121 Å². The van der Waals surface area contributed by atoms with E-state index in [0.29, 0.717) is 21.9 Å². The number of hydrogen-bond acceptors (Lipinski definition) is 4. The quantitative estimate of drug-likeness (QED) is 0.836. The molecule has 102 valence electrons. The Morgan fingerprint density at radius 2 is 2.00 bits per heavy atom. The summed E-state index contributed by atoms with van der Waals surface area (Å²) in [5.41, 5.74) is 0.535. The third-order valence-electron chi connectivity index (χ3n) is 3.07. The lowest BCUT2D eigenvalue weighted by Crippen LogP contribution is -2.44. The molecule has 2 aromatic rings. The van der Waals surface area contributed by atoms with Crippen molar-refractivity contribution in [2.75, 3.05) is 31.1 Å². The summed E-state index contributed by atoms with van der Waals surface area (Å²) in [5.74, 6) is 0.635. The van der Waals surface area contributed by atoms with E-state index in [1.807, 2.05) is 0 Å². The van der Waals surface area contributed by atoms with Gasteiger partial charge in [-0.05, 0) is 18.2 Å². The first-order valence-corrected chi connectivity index (χ1v) is 6.27. The van der Waals surface area contributed by atoms with Gasteiger partial charge in [-0.2, -0.15) is 0 Å². The van der Waals surface area contributed by atoms with Gasteiger partial charge in [0.1, 0.15) is 0 Å². The minimum atomic E-state index is -0.143. The van der Waals surface area contributed by atoms with Crippen molar-refractivity contribution in [1.82, 2.24) is 15.3 Å². The van der Waals surface area contributed by atoms with Crippen LogP contribution in [0.4, 0.5) is 5.95 Å². The second kappa shape index (κ2) is 5.77. The average molecular weight is 301 g/mol. The zero-order valence-corrected chi connectivity index (χ0v) is 11.7. The minimum absolute atomic E-state index is 0. The lowest BCUT2D eigenvalue weighted by molar-refractivity contribution is 0.580. The van der Waals surface area contributed by atoms with Gasteiger partial charge in [0, 0.05) is 31.2 Å². The third kappa shape index (κ3) is 2.83. The Hall–Kier alpha value is -1.30. The van der Waals surface area contributed by atoms with Crippen molar-refractivity contribution in [3.63, 3.8) is 0 Å². The number of anilines is 1. The predicted octanol–water partition coefficient (Wildman–Crippen LogP) is 1.41. The maximum atomic E-state index is 12.0. The van der Waals surface area contributed by atoms with Crippen molar-refractivity contribution in [2.24, 2.45) is 0 Å². The van der Waals surface area contributed by atoms with Gasteiger partial charge < -0.3 is 10.2 Å². The molecule has 19 heavy (non-hydrogen) atoms. The van der Waals surface area contributed by atoms with Crippen molar-refractivity contribution in [3.05, 3.63) is 33.6 Å². The number of aromatic nitrogens is 2. The molecule has 0 amide bonds. The number of H-pyrrole nitrogens is 1. The second-order valence-electron chi connectivity index (χ2n) is 4.29. The van der Waals surface area contributed by atoms with Gasteiger partial charge in [0.15, 0.2) is 0 Å². The molecule has 1 aromatic carbocycles. The summed E-state index contributed by atoms with van der Waals surface area (Å²) in [7, 11) is 0. The minimum Gasteiger partial charge on any atom is -0.340 e. The van der Waals surface area contributed by atoms with Gasteiger partial charge in [-0.15, -0.1) is 12.4 Å². The largest absolute Gasteiger partial charge is 0.340 e. The Bertz CT molecular complexity index is 637. The van der Waals surface area contributed by atoms with Gasteiger partial charge in [0.2, 0.25) is 5.95 Å². The van der Waals surface area contributed by atoms with Crippen molar-refractivity contribution < 1.29 is 0 Å². The Balaban J connectivity index is 0.00000133. The molecule has 1 aliphatic heterocycles. The number of benzene rings is 1. The number of rotatable bonds is 1. The molecule has 0 radical (unpaired) electrons. The van der Waals surface area contributed by atoms with Gasteiger partial charge in [-0.3, -0.25) is 9.78 Å². The summed E-state index contributed by atoms with van der Waals surface area (Å²) in [6.45, 7) is 3.51. The molecule has 1 aliphatic rings. The molecule has 0 atom stereocenters. The fourth-order valence-electron chi connectivity index (χ4n) is 2.12. The summed E-state index contributed by atoms with van der Waals surface area (Å²) < 4.78 is 0. The highest BCUT2D eigenvalue weighted by Crippen LogP contribution is 2.16. The molecule has 5 nitrogen and oxygen atoms in total. The van der Waals surface area contributed by atoms with Crippen LogP contribution in [0.5, 0.6) is 0 Å². The van der Waals surface area contributed by atoms with E-state index >= 15 is 0 Å². The summed E-state index contributed by atoms with van der Waals surface area (Å²) in [6, 6.07) is 5.17. The van der Waals surface area contributed by atoms with Gasteiger partial charge >= 0.3 is 0 Å². The van der Waals surface area contributed by atoms with Crippen LogP contribution >= 0.6 is 24.0 Å². The predicted molar refractivity (Wildman–Crippen MR) is 79.7 cm³/mol. The molecule has 2 N–H and O–H groups in total. The van der Waals surface area contributed by atoms with E-state index < -0.39 is 0 Å². The van der Waals surface area contributed by atoms with Crippen molar-refractivity contribution >= 4 is 40.9 Å². The fraction of sp³-hybridized carbons (Fsp3) is 0.333. The van der Waals surface area contributed by atoms with Crippen LogP contribution < -0.4 is 15.8 Å². The number of fused-ring (bicyclic) bond motifs is 1. The monoisotopic (exact) mass is 300 g/mol. The molecule has 1 fully saturated rings. The molecular formula is C12H14Cl2N4O.